The Hall–Kier alpha value is -1.86. The van der Waals surface area contributed by atoms with Crippen LogP contribution >= 0.6 is 0 Å². The summed E-state index contributed by atoms with van der Waals surface area (Å²) in [6.07, 6.45) is 4.93. The molecule has 3 rings (SSSR count). The monoisotopic (exact) mass is 292 g/mol. The maximum absolute atomic E-state index is 12.8. The fourth-order valence-electron chi connectivity index (χ4n) is 2.64. The summed E-state index contributed by atoms with van der Waals surface area (Å²) in [5, 5.41) is 0. The lowest BCUT2D eigenvalue weighted by molar-refractivity contribution is 0.391. The lowest BCUT2D eigenvalue weighted by atomic mass is 10.2. The number of pyridine rings is 1. The Morgan fingerprint density at radius 3 is 2.90 bits per heavy atom. The molecule has 2 aromatic heterocycles. The van der Waals surface area contributed by atoms with Gasteiger partial charge in [0.25, 0.3) is 0 Å². The molecule has 106 valence electrons. The zero-order chi connectivity index (χ0) is 14.2. The van der Waals surface area contributed by atoms with E-state index < -0.39 is 10.0 Å². The number of sulfonamides is 1. The summed E-state index contributed by atoms with van der Waals surface area (Å²) in [5.74, 6) is 0.0460. The highest BCUT2D eigenvalue weighted by atomic mass is 32.2. The number of nitrogens with zero attached hydrogens (tertiary/aromatic N) is 2. The van der Waals surface area contributed by atoms with Crippen LogP contribution in [0, 0.1) is 0 Å². The summed E-state index contributed by atoms with van der Waals surface area (Å²) in [5.41, 5.74) is 6.62. The third-order valence-corrected chi connectivity index (χ3v) is 5.53. The van der Waals surface area contributed by atoms with Crippen molar-refractivity contribution in [3.8, 4) is 0 Å². The number of anilines is 1. The molecule has 0 amide bonds. The number of hydrogen-bond acceptors (Lipinski definition) is 4. The van der Waals surface area contributed by atoms with Crippen molar-refractivity contribution in [3.63, 3.8) is 0 Å². The average Bonchev–Trinajstić information content (AvgIpc) is 3.10. The normalized spacial score (nSPS) is 20.3. The fraction of sp³-hybridized carbons (Fsp3) is 0.308. The molecule has 0 aliphatic carbocycles. The standard InChI is InChI=1S/C13H16N4O2S/c14-13-12(6-2-8-16-13)20(18,19)17-9-3-5-11(17)10-4-1-7-15-10/h1-2,4,6-8,11,15H,3,5,9H2,(H2,14,16). The van der Waals surface area contributed by atoms with Gasteiger partial charge < -0.3 is 10.7 Å². The molecule has 0 aromatic carbocycles. The van der Waals surface area contributed by atoms with Crippen LogP contribution in [0.2, 0.25) is 0 Å². The molecule has 0 bridgehead atoms. The van der Waals surface area contributed by atoms with Gasteiger partial charge in [-0.2, -0.15) is 4.31 Å². The van der Waals surface area contributed by atoms with Gasteiger partial charge in [0.2, 0.25) is 10.0 Å². The van der Waals surface area contributed by atoms with Crippen LogP contribution in [-0.4, -0.2) is 29.2 Å². The van der Waals surface area contributed by atoms with Gasteiger partial charge in [-0.1, -0.05) is 0 Å². The van der Waals surface area contributed by atoms with Crippen molar-refractivity contribution in [1.82, 2.24) is 14.3 Å². The number of nitrogen functional groups attached to an aromatic ring is 1. The Bertz CT molecular complexity index is 697. The highest BCUT2D eigenvalue weighted by Gasteiger charge is 2.37. The van der Waals surface area contributed by atoms with E-state index in [0.29, 0.717) is 6.54 Å². The second-order valence-corrected chi connectivity index (χ2v) is 6.65. The van der Waals surface area contributed by atoms with E-state index in [1.165, 1.54) is 16.6 Å². The van der Waals surface area contributed by atoms with Gasteiger partial charge in [-0.05, 0) is 37.1 Å². The van der Waals surface area contributed by atoms with E-state index >= 15 is 0 Å². The topological polar surface area (TPSA) is 92.1 Å². The first-order chi connectivity index (χ1) is 9.60. The SMILES string of the molecule is Nc1ncccc1S(=O)(=O)N1CCCC1c1ccc[nH]1. The quantitative estimate of drug-likeness (QED) is 0.897. The van der Waals surface area contributed by atoms with Crippen molar-refractivity contribution in [3.05, 3.63) is 42.4 Å². The molecule has 2 aromatic rings. The predicted molar refractivity (Wildman–Crippen MR) is 75.3 cm³/mol. The van der Waals surface area contributed by atoms with Gasteiger partial charge in [-0.25, -0.2) is 13.4 Å². The van der Waals surface area contributed by atoms with Gasteiger partial charge >= 0.3 is 0 Å². The number of nitrogens with two attached hydrogens (primary N) is 1. The number of H-pyrrole nitrogens is 1. The summed E-state index contributed by atoms with van der Waals surface area (Å²) >= 11 is 0. The minimum atomic E-state index is -3.62. The molecule has 3 N–H and O–H groups in total. The molecule has 1 aliphatic rings. The first kappa shape index (κ1) is 13.1. The van der Waals surface area contributed by atoms with Gasteiger partial charge in [0, 0.05) is 24.6 Å². The molecule has 1 aliphatic heterocycles. The van der Waals surface area contributed by atoms with E-state index in [-0.39, 0.29) is 16.8 Å². The van der Waals surface area contributed by atoms with Crippen LogP contribution in [-0.2, 0) is 10.0 Å². The zero-order valence-corrected chi connectivity index (χ0v) is 11.7. The van der Waals surface area contributed by atoms with Crippen molar-refractivity contribution in [2.24, 2.45) is 0 Å². The molecule has 7 heteroatoms. The lowest BCUT2D eigenvalue weighted by Crippen LogP contribution is -2.31. The van der Waals surface area contributed by atoms with Crippen molar-refractivity contribution in [2.45, 2.75) is 23.8 Å². The van der Waals surface area contributed by atoms with Gasteiger partial charge in [-0.15, -0.1) is 0 Å². The van der Waals surface area contributed by atoms with Gasteiger partial charge in [0.15, 0.2) is 0 Å². The van der Waals surface area contributed by atoms with Crippen LogP contribution in [0.25, 0.3) is 0 Å². The van der Waals surface area contributed by atoms with E-state index in [1.807, 2.05) is 12.1 Å². The predicted octanol–water partition coefficient (Wildman–Crippen LogP) is 1.52. The largest absolute Gasteiger partial charge is 0.383 e. The summed E-state index contributed by atoms with van der Waals surface area (Å²) in [4.78, 5) is 7.04. The van der Waals surface area contributed by atoms with Crippen LogP contribution in [0.3, 0.4) is 0 Å². The van der Waals surface area contributed by atoms with E-state index in [9.17, 15) is 8.42 Å². The highest BCUT2D eigenvalue weighted by molar-refractivity contribution is 7.89. The Morgan fingerprint density at radius 1 is 1.35 bits per heavy atom. The molecule has 0 spiro atoms. The number of nitrogens with one attached hydrogen (secondary N) is 1. The van der Waals surface area contributed by atoms with Gasteiger partial charge in [0.05, 0.1) is 6.04 Å². The van der Waals surface area contributed by atoms with E-state index in [2.05, 4.69) is 9.97 Å². The number of aromatic amines is 1. The Balaban J connectivity index is 2.01. The molecular formula is C13H16N4O2S. The highest BCUT2D eigenvalue weighted by Crippen LogP contribution is 2.36. The Morgan fingerprint density at radius 2 is 2.20 bits per heavy atom. The van der Waals surface area contributed by atoms with Crippen LogP contribution < -0.4 is 5.73 Å². The second kappa shape index (κ2) is 4.92. The molecule has 1 atom stereocenters. The minimum Gasteiger partial charge on any atom is -0.383 e. The third kappa shape index (κ3) is 2.08. The van der Waals surface area contributed by atoms with Crippen LogP contribution in [0.5, 0.6) is 0 Å². The van der Waals surface area contributed by atoms with E-state index in [0.717, 1.165) is 18.5 Å². The summed E-state index contributed by atoms with van der Waals surface area (Å²) in [6, 6.07) is 6.71. The van der Waals surface area contributed by atoms with E-state index in [4.69, 9.17) is 5.73 Å². The Kier molecular flexibility index (Phi) is 3.23. The second-order valence-electron chi connectivity index (χ2n) is 4.79. The lowest BCUT2D eigenvalue weighted by Gasteiger charge is -2.23. The minimum absolute atomic E-state index is 0.0460. The number of hydrogen-bond donors (Lipinski definition) is 2. The first-order valence-electron chi connectivity index (χ1n) is 6.46. The van der Waals surface area contributed by atoms with Gasteiger partial charge in [-0.3, -0.25) is 0 Å². The summed E-state index contributed by atoms with van der Waals surface area (Å²) < 4.78 is 27.0. The number of aromatic nitrogens is 2. The van der Waals surface area contributed by atoms with Crippen molar-refractivity contribution in [2.75, 3.05) is 12.3 Å². The first-order valence-corrected chi connectivity index (χ1v) is 7.90. The summed E-state index contributed by atoms with van der Waals surface area (Å²) in [6.45, 7) is 0.500. The maximum atomic E-state index is 12.8. The van der Waals surface area contributed by atoms with Crippen LogP contribution in [0.15, 0.2) is 41.6 Å². The maximum Gasteiger partial charge on any atom is 0.247 e. The average molecular weight is 292 g/mol. The van der Waals surface area contributed by atoms with Crippen LogP contribution in [0.4, 0.5) is 5.82 Å². The Labute approximate surface area is 117 Å². The summed E-state index contributed by atoms with van der Waals surface area (Å²) in [7, 11) is -3.62. The molecule has 3 heterocycles. The third-order valence-electron chi connectivity index (χ3n) is 3.57. The molecular weight excluding hydrogens is 276 g/mol. The smallest absolute Gasteiger partial charge is 0.247 e. The molecule has 0 radical (unpaired) electrons. The molecule has 6 nitrogen and oxygen atoms in total. The zero-order valence-electron chi connectivity index (χ0n) is 10.9. The fourth-order valence-corrected chi connectivity index (χ4v) is 4.38. The molecule has 1 saturated heterocycles. The molecule has 20 heavy (non-hydrogen) atoms. The van der Waals surface area contributed by atoms with Crippen molar-refractivity contribution >= 4 is 15.8 Å². The number of rotatable bonds is 3. The van der Waals surface area contributed by atoms with E-state index in [1.54, 1.807) is 12.3 Å². The van der Waals surface area contributed by atoms with Crippen LogP contribution in [0.1, 0.15) is 24.6 Å². The molecule has 1 unspecified atom stereocenters. The molecule has 1 fully saturated rings. The van der Waals surface area contributed by atoms with Crippen molar-refractivity contribution in [1.29, 1.82) is 0 Å². The molecule has 0 saturated carbocycles. The van der Waals surface area contributed by atoms with Gasteiger partial charge in [0.1, 0.15) is 10.7 Å². The van der Waals surface area contributed by atoms with Crippen molar-refractivity contribution < 1.29 is 8.42 Å².